The maximum Gasteiger partial charge on any atom is 0.255 e. The van der Waals surface area contributed by atoms with Crippen LogP contribution >= 0.6 is 0 Å². The molecule has 0 unspecified atom stereocenters. The molecule has 29 heavy (non-hydrogen) atoms. The molecule has 0 aliphatic rings. The predicted molar refractivity (Wildman–Crippen MR) is 112 cm³/mol. The molecule has 3 rings (SSSR count). The van der Waals surface area contributed by atoms with Crippen LogP contribution in [0.1, 0.15) is 12.5 Å². The van der Waals surface area contributed by atoms with E-state index in [0.29, 0.717) is 5.71 Å². The van der Waals surface area contributed by atoms with E-state index in [9.17, 15) is 13.2 Å². The number of methoxy groups -OCH3 is 1. The zero-order valence-electron chi connectivity index (χ0n) is 16.0. The summed E-state index contributed by atoms with van der Waals surface area (Å²) < 4.78 is 31.7. The summed E-state index contributed by atoms with van der Waals surface area (Å²) in [4.78, 5) is 12.1. The third-order valence-corrected chi connectivity index (χ3v) is 5.71. The molecule has 0 aliphatic heterocycles. The summed E-state index contributed by atoms with van der Waals surface area (Å²) in [5.74, 6) is 0.218. The van der Waals surface area contributed by atoms with Gasteiger partial charge in [-0.2, -0.15) is 5.10 Å². The fraction of sp³-hybridized carbons (Fsp3) is 0.143. The largest absolute Gasteiger partial charge is 0.497 e. The van der Waals surface area contributed by atoms with E-state index in [2.05, 4.69) is 15.2 Å². The van der Waals surface area contributed by atoms with Crippen molar-refractivity contribution < 1.29 is 17.9 Å². The van der Waals surface area contributed by atoms with Gasteiger partial charge in [0, 0.05) is 0 Å². The summed E-state index contributed by atoms with van der Waals surface area (Å²) in [5, 5.41) is 6.11. The van der Waals surface area contributed by atoms with Crippen molar-refractivity contribution in [2.45, 2.75) is 11.8 Å². The van der Waals surface area contributed by atoms with Crippen molar-refractivity contribution in [3.8, 4) is 5.75 Å². The van der Waals surface area contributed by atoms with Crippen LogP contribution in [0.2, 0.25) is 0 Å². The van der Waals surface area contributed by atoms with Crippen molar-refractivity contribution in [2.75, 3.05) is 13.7 Å². The molecule has 0 radical (unpaired) electrons. The van der Waals surface area contributed by atoms with Crippen LogP contribution in [-0.2, 0) is 14.8 Å². The number of hydrogen-bond donors (Lipinski definition) is 2. The summed E-state index contributed by atoms with van der Waals surface area (Å²) in [6.45, 7) is 1.35. The number of fused-ring (bicyclic) bond motifs is 1. The van der Waals surface area contributed by atoms with Crippen LogP contribution in [0.15, 0.2) is 76.7 Å². The number of carbonyl (C=O) groups excluding carboxylic acids is 1. The van der Waals surface area contributed by atoms with Crippen LogP contribution in [0.4, 0.5) is 0 Å². The molecule has 3 aromatic rings. The average molecular weight is 411 g/mol. The van der Waals surface area contributed by atoms with Crippen molar-refractivity contribution in [1.29, 1.82) is 0 Å². The van der Waals surface area contributed by atoms with Gasteiger partial charge >= 0.3 is 0 Å². The number of nitrogens with zero attached hydrogens (tertiary/aromatic N) is 1. The van der Waals surface area contributed by atoms with E-state index in [0.717, 1.165) is 22.1 Å². The number of benzene rings is 3. The zero-order valence-corrected chi connectivity index (χ0v) is 16.9. The fourth-order valence-corrected chi connectivity index (χ4v) is 3.67. The highest BCUT2D eigenvalue weighted by atomic mass is 32.2. The van der Waals surface area contributed by atoms with Crippen molar-refractivity contribution in [1.82, 2.24) is 10.1 Å². The maximum absolute atomic E-state index is 12.1. The molecule has 0 aromatic heterocycles. The molecule has 3 aromatic carbocycles. The number of hydrogen-bond acceptors (Lipinski definition) is 5. The lowest BCUT2D eigenvalue weighted by molar-refractivity contribution is -0.119. The first-order chi connectivity index (χ1) is 13.9. The molecule has 0 saturated heterocycles. The molecule has 150 valence electrons. The van der Waals surface area contributed by atoms with Gasteiger partial charge in [0.15, 0.2) is 0 Å². The molecule has 2 N–H and O–H groups in total. The Morgan fingerprint density at radius 1 is 1.00 bits per heavy atom. The highest BCUT2D eigenvalue weighted by Crippen LogP contribution is 2.22. The number of carbonyl (C=O) groups is 1. The quantitative estimate of drug-likeness (QED) is 0.461. The first kappa shape index (κ1) is 20.5. The molecular formula is C21H21N3O4S. The molecule has 0 saturated carbocycles. The van der Waals surface area contributed by atoms with Crippen molar-refractivity contribution in [2.24, 2.45) is 5.10 Å². The third-order valence-electron chi connectivity index (χ3n) is 4.29. The summed E-state index contributed by atoms with van der Waals surface area (Å²) in [7, 11) is -2.13. The van der Waals surface area contributed by atoms with Crippen LogP contribution in [0.25, 0.3) is 10.8 Å². The fourth-order valence-electron chi connectivity index (χ4n) is 2.67. The van der Waals surface area contributed by atoms with Gasteiger partial charge in [-0.3, -0.25) is 4.79 Å². The lowest BCUT2D eigenvalue weighted by atomic mass is 10.0. The van der Waals surface area contributed by atoms with E-state index in [1.54, 1.807) is 32.2 Å². The number of amides is 1. The predicted octanol–water partition coefficient (Wildman–Crippen LogP) is 2.67. The van der Waals surface area contributed by atoms with Crippen LogP contribution in [0, 0.1) is 0 Å². The minimum atomic E-state index is -3.75. The molecule has 0 fully saturated rings. The standard InChI is InChI=1S/C21H21N3O4S/c1-15(16-8-9-18-13-19(28-2)11-10-17(18)12-16)23-24-21(25)14-22-29(26,27)20-6-4-3-5-7-20/h3-13,22H,14H2,1-2H3,(H,24,25)/b23-15-. The average Bonchev–Trinajstić information content (AvgIpc) is 2.75. The van der Waals surface area contributed by atoms with Gasteiger partial charge in [0.05, 0.1) is 24.3 Å². The lowest BCUT2D eigenvalue weighted by Crippen LogP contribution is -2.35. The molecule has 0 spiro atoms. The summed E-state index contributed by atoms with van der Waals surface area (Å²) >= 11 is 0. The third kappa shape index (κ3) is 5.18. The van der Waals surface area contributed by atoms with Crippen molar-refractivity contribution in [3.05, 3.63) is 72.3 Å². The summed E-state index contributed by atoms with van der Waals surface area (Å²) in [5.41, 5.74) is 3.81. The Hall–Kier alpha value is -3.23. The second kappa shape index (κ2) is 8.85. The van der Waals surface area contributed by atoms with Gasteiger partial charge in [-0.25, -0.2) is 18.6 Å². The molecular weight excluding hydrogens is 390 g/mol. The highest BCUT2D eigenvalue weighted by Gasteiger charge is 2.14. The minimum Gasteiger partial charge on any atom is -0.497 e. The molecule has 0 aliphatic carbocycles. The molecule has 1 amide bonds. The SMILES string of the molecule is COc1ccc2cc(/C(C)=N\NC(=O)CNS(=O)(=O)c3ccccc3)ccc2c1. The molecule has 0 atom stereocenters. The molecule has 0 bridgehead atoms. The Kier molecular flexibility index (Phi) is 6.26. The zero-order chi connectivity index (χ0) is 20.9. The smallest absolute Gasteiger partial charge is 0.255 e. The molecule has 7 nitrogen and oxygen atoms in total. The van der Waals surface area contributed by atoms with E-state index in [1.807, 2.05) is 36.4 Å². The van der Waals surface area contributed by atoms with Gasteiger partial charge < -0.3 is 4.74 Å². The van der Waals surface area contributed by atoms with Gasteiger partial charge in [-0.1, -0.05) is 36.4 Å². The van der Waals surface area contributed by atoms with Crippen LogP contribution in [0.5, 0.6) is 5.75 Å². The Bertz CT molecular complexity index is 1160. The Morgan fingerprint density at radius 2 is 1.69 bits per heavy atom. The number of rotatable bonds is 7. The van der Waals surface area contributed by atoms with E-state index in [4.69, 9.17) is 4.74 Å². The molecule has 8 heteroatoms. The number of ether oxygens (including phenoxy) is 1. The first-order valence-electron chi connectivity index (χ1n) is 8.85. The van der Waals surface area contributed by atoms with E-state index >= 15 is 0 Å². The van der Waals surface area contributed by atoms with Gasteiger partial charge in [0.1, 0.15) is 5.75 Å². The number of sulfonamides is 1. The highest BCUT2D eigenvalue weighted by molar-refractivity contribution is 7.89. The van der Waals surface area contributed by atoms with E-state index in [-0.39, 0.29) is 4.90 Å². The van der Waals surface area contributed by atoms with Crippen LogP contribution < -0.4 is 14.9 Å². The van der Waals surface area contributed by atoms with Gasteiger partial charge in [0.2, 0.25) is 10.0 Å². The van der Waals surface area contributed by atoms with Crippen LogP contribution in [0.3, 0.4) is 0 Å². The topological polar surface area (TPSA) is 96.9 Å². The second-order valence-corrected chi connectivity index (χ2v) is 8.06. The van der Waals surface area contributed by atoms with Gasteiger partial charge in [-0.05, 0) is 53.6 Å². The monoisotopic (exact) mass is 411 g/mol. The van der Waals surface area contributed by atoms with Gasteiger partial charge in [0.25, 0.3) is 5.91 Å². The minimum absolute atomic E-state index is 0.0975. The van der Waals surface area contributed by atoms with Crippen molar-refractivity contribution in [3.63, 3.8) is 0 Å². The Labute approximate surface area is 169 Å². The molecule has 0 heterocycles. The normalized spacial score (nSPS) is 12.0. The lowest BCUT2D eigenvalue weighted by Gasteiger charge is -2.07. The van der Waals surface area contributed by atoms with E-state index < -0.39 is 22.5 Å². The van der Waals surface area contributed by atoms with Crippen molar-refractivity contribution >= 4 is 32.4 Å². The Balaban J connectivity index is 1.63. The second-order valence-electron chi connectivity index (χ2n) is 6.30. The first-order valence-corrected chi connectivity index (χ1v) is 10.3. The van der Waals surface area contributed by atoms with E-state index in [1.165, 1.54) is 12.1 Å². The maximum atomic E-state index is 12.1. The summed E-state index contributed by atoms with van der Waals surface area (Å²) in [6, 6.07) is 19.4. The van der Waals surface area contributed by atoms with Crippen LogP contribution in [-0.4, -0.2) is 33.7 Å². The number of hydrazone groups is 1. The van der Waals surface area contributed by atoms with Gasteiger partial charge in [-0.15, -0.1) is 0 Å². The summed E-state index contributed by atoms with van der Waals surface area (Å²) in [6.07, 6.45) is 0. The number of nitrogens with one attached hydrogen (secondary N) is 2. The Morgan fingerprint density at radius 3 is 2.41 bits per heavy atom.